The van der Waals surface area contributed by atoms with E-state index in [1.54, 1.807) is 54.6 Å². The van der Waals surface area contributed by atoms with Crippen LogP contribution in [0.2, 0.25) is 0 Å². The lowest BCUT2D eigenvalue weighted by atomic mass is 10.1. The summed E-state index contributed by atoms with van der Waals surface area (Å²) >= 11 is 0. The Morgan fingerprint density at radius 3 is 2.61 bits per heavy atom. The zero-order chi connectivity index (χ0) is 23.2. The SMILES string of the molecule is Cc1cccc(N(OCOc2ccc([N+](=O)[O-])c3cccnc23)[P+](=O)Oc2ccccc2)c1. The van der Waals surface area contributed by atoms with Gasteiger partial charge in [0.1, 0.15) is 17.0 Å². The number of nitrogens with zero attached hydrogens (tertiary/aromatic N) is 3. The fourth-order valence-electron chi connectivity index (χ4n) is 3.12. The number of nitro benzene ring substituents is 1. The van der Waals surface area contributed by atoms with Gasteiger partial charge < -0.3 is 4.74 Å². The first-order chi connectivity index (χ1) is 16.0. The number of non-ortho nitro benzene ring substituents is 1. The highest BCUT2D eigenvalue weighted by atomic mass is 31.1. The van der Waals surface area contributed by atoms with Crippen molar-refractivity contribution < 1.29 is 23.6 Å². The lowest BCUT2D eigenvalue weighted by molar-refractivity contribution is -0.383. The molecule has 0 saturated heterocycles. The molecule has 0 amide bonds. The van der Waals surface area contributed by atoms with Gasteiger partial charge in [-0.15, -0.1) is 0 Å². The van der Waals surface area contributed by atoms with Crippen LogP contribution in [0.1, 0.15) is 5.56 Å². The van der Waals surface area contributed by atoms with Crippen LogP contribution >= 0.6 is 8.18 Å². The van der Waals surface area contributed by atoms with Gasteiger partial charge in [-0.05, 0) is 55.0 Å². The van der Waals surface area contributed by atoms with Crippen molar-refractivity contribution in [3.8, 4) is 11.5 Å². The van der Waals surface area contributed by atoms with E-state index >= 15 is 0 Å². The Bertz CT molecular complexity index is 1300. The van der Waals surface area contributed by atoms with Crippen molar-refractivity contribution in [2.75, 3.05) is 11.6 Å². The molecule has 0 saturated carbocycles. The largest absolute Gasteiger partial charge is 0.723 e. The molecule has 33 heavy (non-hydrogen) atoms. The van der Waals surface area contributed by atoms with Crippen molar-refractivity contribution >= 4 is 30.5 Å². The van der Waals surface area contributed by atoms with E-state index in [0.29, 0.717) is 28.1 Å². The predicted molar refractivity (Wildman–Crippen MR) is 123 cm³/mol. The second kappa shape index (κ2) is 10.0. The molecule has 1 aromatic heterocycles. The quantitative estimate of drug-likeness (QED) is 0.129. The smallest absolute Gasteiger partial charge is 0.463 e. The normalized spacial score (nSPS) is 11.1. The molecule has 10 heteroatoms. The van der Waals surface area contributed by atoms with Crippen LogP contribution in [0.5, 0.6) is 11.5 Å². The maximum atomic E-state index is 13.0. The molecule has 1 heterocycles. The first-order valence-corrected chi connectivity index (χ1v) is 11.0. The summed E-state index contributed by atoms with van der Waals surface area (Å²) in [4.78, 5) is 21.8. The number of aryl methyl sites for hydroxylation is 1. The Labute approximate surface area is 190 Å². The van der Waals surface area contributed by atoms with Gasteiger partial charge in [0.15, 0.2) is 5.75 Å². The minimum atomic E-state index is -2.46. The van der Waals surface area contributed by atoms with Crippen LogP contribution in [0.4, 0.5) is 11.4 Å². The number of hydrogen-bond donors (Lipinski definition) is 0. The zero-order valence-corrected chi connectivity index (χ0v) is 18.4. The Hall–Kier alpha value is -4.07. The van der Waals surface area contributed by atoms with Crippen molar-refractivity contribution in [2.24, 2.45) is 0 Å². The van der Waals surface area contributed by atoms with Gasteiger partial charge in [-0.1, -0.05) is 30.3 Å². The average Bonchev–Trinajstić information content (AvgIpc) is 2.82. The topological polar surface area (TPSA) is 104 Å². The average molecular weight is 464 g/mol. The molecule has 0 aliphatic rings. The number of ether oxygens (including phenoxy) is 1. The maximum Gasteiger partial charge on any atom is 0.723 e. The van der Waals surface area contributed by atoms with E-state index in [-0.39, 0.29) is 12.5 Å². The fourth-order valence-corrected chi connectivity index (χ4v) is 3.95. The van der Waals surface area contributed by atoms with Gasteiger partial charge in [-0.3, -0.25) is 15.1 Å². The monoisotopic (exact) mass is 464 g/mol. The van der Waals surface area contributed by atoms with Crippen LogP contribution in [0.3, 0.4) is 0 Å². The minimum Gasteiger partial charge on any atom is -0.463 e. The molecule has 1 unspecified atom stereocenters. The summed E-state index contributed by atoms with van der Waals surface area (Å²) < 4.78 is 24.2. The predicted octanol–water partition coefficient (Wildman–Crippen LogP) is 5.96. The molecule has 4 aromatic rings. The van der Waals surface area contributed by atoms with Crippen molar-refractivity contribution in [3.63, 3.8) is 0 Å². The van der Waals surface area contributed by atoms with Crippen LogP contribution < -0.4 is 14.1 Å². The first kappa shape index (κ1) is 22.1. The summed E-state index contributed by atoms with van der Waals surface area (Å²) in [5.41, 5.74) is 1.70. The third-order valence-electron chi connectivity index (χ3n) is 4.59. The van der Waals surface area contributed by atoms with Crippen LogP contribution in [-0.2, 0) is 9.40 Å². The Balaban J connectivity index is 1.55. The number of aromatic nitrogens is 1. The number of rotatable bonds is 9. The molecular formula is C23H19N3O6P+. The fraction of sp³-hybridized carbons (Fsp3) is 0.0870. The number of hydrogen-bond acceptors (Lipinski definition) is 7. The van der Waals surface area contributed by atoms with Gasteiger partial charge in [0.05, 0.1) is 10.3 Å². The molecule has 0 bridgehead atoms. The lowest BCUT2D eigenvalue weighted by Gasteiger charge is -2.13. The van der Waals surface area contributed by atoms with Gasteiger partial charge in [-0.2, -0.15) is 4.84 Å². The number of anilines is 1. The van der Waals surface area contributed by atoms with Gasteiger partial charge in [-0.25, -0.2) is 4.52 Å². The first-order valence-electron chi connectivity index (χ1n) is 9.88. The number of benzene rings is 3. The summed E-state index contributed by atoms with van der Waals surface area (Å²) in [7, 11) is -2.46. The molecular weight excluding hydrogens is 445 g/mol. The van der Waals surface area contributed by atoms with E-state index in [9.17, 15) is 14.7 Å². The van der Waals surface area contributed by atoms with Gasteiger partial charge in [0, 0.05) is 21.7 Å². The van der Waals surface area contributed by atoms with E-state index in [1.807, 2.05) is 19.1 Å². The van der Waals surface area contributed by atoms with Crippen LogP contribution in [0.15, 0.2) is 85.1 Å². The van der Waals surface area contributed by atoms with Crippen LogP contribution in [0.25, 0.3) is 10.9 Å². The summed E-state index contributed by atoms with van der Waals surface area (Å²) in [6.07, 6.45) is 1.52. The van der Waals surface area contributed by atoms with E-state index in [4.69, 9.17) is 14.1 Å². The molecule has 0 aliphatic carbocycles. The Morgan fingerprint density at radius 1 is 1.03 bits per heavy atom. The van der Waals surface area contributed by atoms with E-state index in [2.05, 4.69) is 4.98 Å². The Kier molecular flexibility index (Phi) is 6.73. The highest BCUT2D eigenvalue weighted by Crippen LogP contribution is 2.37. The van der Waals surface area contributed by atoms with Crippen molar-refractivity contribution in [3.05, 3.63) is 101 Å². The summed E-state index contributed by atoms with van der Waals surface area (Å²) in [5, 5.41) is 11.6. The van der Waals surface area contributed by atoms with Gasteiger partial charge in [0.25, 0.3) is 5.69 Å². The number of para-hydroxylation sites is 1. The summed E-state index contributed by atoms with van der Waals surface area (Å²) in [5.74, 6) is 0.714. The molecule has 166 valence electrons. The van der Waals surface area contributed by atoms with E-state index in [1.165, 1.54) is 18.3 Å². The summed E-state index contributed by atoms with van der Waals surface area (Å²) in [6, 6.07) is 22.0. The van der Waals surface area contributed by atoms with Crippen molar-refractivity contribution in [1.29, 1.82) is 0 Å². The molecule has 0 spiro atoms. The number of fused-ring (bicyclic) bond motifs is 1. The molecule has 9 nitrogen and oxygen atoms in total. The third-order valence-corrected chi connectivity index (χ3v) is 5.60. The highest BCUT2D eigenvalue weighted by molar-refractivity contribution is 7.41. The zero-order valence-electron chi connectivity index (χ0n) is 17.5. The standard InChI is InChI=1S/C23H19N3O6P/c1-17-7-5-8-18(15-17)26(33(29)32-19-9-3-2-4-10-19)31-16-30-22-13-12-21(25(27)28)20-11-6-14-24-23(20)22/h2-15H,16H2,1H3/q+1. The van der Waals surface area contributed by atoms with Crippen LogP contribution in [-0.4, -0.2) is 16.7 Å². The van der Waals surface area contributed by atoms with Gasteiger partial charge >= 0.3 is 8.18 Å². The summed E-state index contributed by atoms with van der Waals surface area (Å²) in [6.45, 7) is 1.56. The van der Waals surface area contributed by atoms with E-state index in [0.717, 1.165) is 10.4 Å². The highest BCUT2D eigenvalue weighted by Gasteiger charge is 2.35. The van der Waals surface area contributed by atoms with Gasteiger partial charge in [0.2, 0.25) is 6.79 Å². The lowest BCUT2D eigenvalue weighted by Crippen LogP contribution is -2.20. The third kappa shape index (κ3) is 5.23. The molecule has 3 aromatic carbocycles. The molecule has 0 fully saturated rings. The maximum absolute atomic E-state index is 13.0. The molecule has 4 rings (SSSR count). The second-order valence-corrected chi connectivity index (χ2v) is 7.91. The number of pyridine rings is 1. The number of nitro groups is 1. The van der Waals surface area contributed by atoms with Crippen molar-refractivity contribution in [2.45, 2.75) is 6.92 Å². The molecule has 0 N–H and O–H groups in total. The molecule has 0 radical (unpaired) electrons. The minimum absolute atomic E-state index is 0.0768. The van der Waals surface area contributed by atoms with E-state index < -0.39 is 13.1 Å². The molecule has 1 atom stereocenters. The molecule has 0 aliphatic heterocycles. The van der Waals surface area contributed by atoms with Crippen molar-refractivity contribution in [1.82, 2.24) is 4.98 Å². The Morgan fingerprint density at radius 2 is 1.85 bits per heavy atom. The second-order valence-electron chi connectivity index (χ2n) is 6.88. The van der Waals surface area contributed by atoms with Crippen LogP contribution in [0, 0.1) is 17.0 Å².